The van der Waals surface area contributed by atoms with Crippen molar-refractivity contribution >= 4 is 29.6 Å². The third-order valence-electron chi connectivity index (χ3n) is 5.20. The summed E-state index contributed by atoms with van der Waals surface area (Å²) in [5.41, 5.74) is 0.324. The van der Waals surface area contributed by atoms with Gasteiger partial charge in [0.15, 0.2) is 5.16 Å². The van der Waals surface area contributed by atoms with Gasteiger partial charge in [0.05, 0.1) is 0 Å². The van der Waals surface area contributed by atoms with Crippen LogP contribution in [0.25, 0.3) is 0 Å². The SMILES string of the molecule is CSc1ncc(C)c(N(C2CCCC2)C2CCN(C(=O)OC(C)(C)C)C2=O)n1. The molecule has 1 aromatic heterocycles. The van der Waals surface area contributed by atoms with Gasteiger partial charge in [0.1, 0.15) is 17.5 Å². The lowest BCUT2D eigenvalue weighted by Crippen LogP contribution is -2.49. The van der Waals surface area contributed by atoms with Crippen molar-refractivity contribution in [1.82, 2.24) is 14.9 Å². The quantitative estimate of drug-likeness (QED) is 0.556. The highest BCUT2D eigenvalue weighted by Crippen LogP contribution is 2.34. The smallest absolute Gasteiger partial charge is 0.417 e. The first-order valence-corrected chi connectivity index (χ1v) is 11.1. The van der Waals surface area contributed by atoms with Gasteiger partial charge in [0, 0.05) is 24.3 Å². The highest BCUT2D eigenvalue weighted by atomic mass is 32.2. The van der Waals surface area contributed by atoms with Crippen molar-refractivity contribution in [3.8, 4) is 0 Å². The third kappa shape index (κ3) is 4.42. The van der Waals surface area contributed by atoms with Crippen LogP contribution in [0.4, 0.5) is 10.6 Å². The standard InChI is InChI=1S/C20H30N4O3S/c1-13-12-21-18(28-5)22-16(13)24(14-8-6-7-9-14)15-10-11-23(17(15)25)19(26)27-20(2,3)4/h12,14-15H,6-11H2,1-5H3. The third-order valence-corrected chi connectivity index (χ3v) is 5.76. The molecular formula is C20H30N4O3S. The Kier molecular flexibility index (Phi) is 6.17. The van der Waals surface area contributed by atoms with Crippen molar-refractivity contribution in [1.29, 1.82) is 0 Å². The van der Waals surface area contributed by atoms with Crippen LogP contribution in [0.5, 0.6) is 0 Å². The van der Waals surface area contributed by atoms with Gasteiger partial charge in [0.25, 0.3) is 5.91 Å². The molecular weight excluding hydrogens is 376 g/mol. The number of rotatable bonds is 4. The lowest BCUT2D eigenvalue weighted by molar-refractivity contribution is -0.128. The molecule has 154 valence electrons. The minimum Gasteiger partial charge on any atom is -0.443 e. The Balaban J connectivity index is 1.90. The summed E-state index contributed by atoms with van der Waals surface area (Å²) >= 11 is 1.49. The number of likely N-dealkylation sites (tertiary alicyclic amines) is 1. The Morgan fingerprint density at radius 1 is 1.29 bits per heavy atom. The number of ether oxygens (including phenoxy) is 1. The second-order valence-corrected chi connectivity index (χ2v) is 9.26. The van der Waals surface area contributed by atoms with Gasteiger partial charge in [-0.3, -0.25) is 4.79 Å². The summed E-state index contributed by atoms with van der Waals surface area (Å²) in [6.07, 6.45) is 8.17. The molecule has 0 N–H and O–H groups in total. The Morgan fingerprint density at radius 3 is 2.57 bits per heavy atom. The van der Waals surface area contributed by atoms with Crippen LogP contribution in [-0.2, 0) is 9.53 Å². The first-order valence-electron chi connectivity index (χ1n) is 9.91. The monoisotopic (exact) mass is 406 g/mol. The summed E-state index contributed by atoms with van der Waals surface area (Å²) in [6, 6.07) is -0.130. The number of imide groups is 1. The first-order chi connectivity index (χ1) is 13.2. The van der Waals surface area contributed by atoms with Gasteiger partial charge in [-0.05, 0) is 53.2 Å². The molecule has 1 unspecified atom stereocenters. The highest BCUT2D eigenvalue weighted by Gasteiger charge is 2.44. The topological polar surface area (TPSA) is 75.6 Å². The number of carbonyl (C=O) groups excluding carboxylic acids is 2. The van der Waals surface area contributed by atoms with Crippen molar-refractivity contribution in [2.24, 2.45) is 0 Å². The molecule has 8 heteroatoms. The second kappa shape index (κ2) is 8.27. The molecule has 2 fully saturated rings. The summed E-state index contributed by atoms with van der Waals surface area (Å²) in [4.78, 5) is 38.2. The molecule has 1 aliphatic carbocycles. The van der Waals surface area contributed by atoms with E-state index < -0.39 is 11.7 Å². The van der Waals surface area contributed by atoms with Crippen molar-refractivity contribution < 1.29 is 14.3 Å². The normalized spacial score (nSPS) is 20.7. The molecule has 1 atom stereocenters. The van der Waals surface area contributed by atoms with Crippen LogP contribution in [0.1, 0.15) is 58.4 Å². The van der Waals surface area contributed by atoms with Crippen LogP contribution in [0.2, 0.25) is 0 Å². The van der Waals surface area contributed by atoms with Crippen LogP contribution < -0.4 is 4.90 Å². The van der Waals surface area contributed by atoms with E-state index in [1.165, 1.54) is 16.7 Å². The number of aromatic nitrogens is 2. The van der Waals surface area contributed by atoms with Gasteiger partial charge in [-0.2, -0.15) is 0 Å². The molecule has 2 heterocycles. The van der Waals surface area contributed by atoms with Crippen molar-refractivity contribution in [3.63, 3.8) is 0 Å². The van der Waals surface area contributed by atoms with E-state index in [0.717, 1.165) is 37.1 Å². The molecule has 2 amide bonds. The molecule has 2 aliphatic rings. The Hall–Kier alpha value is -1.83. The molecule has 7 nitrogen and oxygen atoms in total. The van der Waals surface area contributed by atoms with E-state index in [-0.39, 0.29) is 18.0 Å². The van der Waals surface area contributed by atoms with Crippen LogP contribution in [0.15, 0.2) is 11.4 Å². The van der Waals surface area contributed by atoms with Gasteiger partial charge >= 0.3 is 6.09 Å². The number of hydrogen-bond donors (Lipinski definition) is 0. The fourth-order valence-electron chi connectivity index (χ4n) is 3.96. The zero-order valence-electron chi connectivity index (χ0n) is 17.4. The number of anilines is 1. The fraction of sp³-hybridized carbons (Fsp3) is 0.700. The van der Waals surface area contributed by atoms with Crippen LogP contribution in [-0.4, -0.2) is 57.4 Å². The van der Waals surface area contributed by atoms with E-state index in [2.05, 4.69) is 9.88 Å². The molecule has 0 spiro atoms. The number of aryl methyl sites for hydroxylation is 1. The minimum atomic E-state index is -0.628. The van der Waals surface area contributed by atoms with Gasteiger partial charge in [-0.15, -0.1) is 0 Å². The van der Waals surface area contributed by atoms with Crippen LogP contribution in [0.3, 0.4) is 0 Å². The van der Waals surface area contributed by atoms with E-state index >= 15 is 0 Å². The molecule has 1 saturated heterocycles. The summed E-state index contributed by atoms with van der Waals surface area (Å²) in [5.74, 6) is 0.625. The van der Waals surface area contributed by atoms with Crippen molar-refractivity contribution in [2.75, 3.05) is 17.7 Å². The number of thioether (sulfide) groups is 1. The molecule has 1 aromatic rings. The van der Waals surface area contributed by atoms with Gasteiger partial charge in [-0.25, -0.2) is 19.7 Å². The maximum Gasteiger partial charge on any atom is 0.417 e. The molecule has 3 rings (SSSR count). The summed E-state index contributed by atoms with van der Waals surface area (Å²) in [6.45, 7) is 7.78. The summed E-state index contributed by atoms with van der Waals surface area (Å²) < 4.78 is 5.43. The van der Waals surface area contributed by atoms with Crippen LogP contribution in [0, 0.1) is 6.92 Å². The molecule has 0 radical (unpaired) electrons. The summed E-state index contributed by atoms with van der Waals surface area (Å²) in [7, 11) is 0. The van der Waals surface area contributed by atoms with E-state index in [4.69, 9.17) is 9.72 Å². The maximum absolute atomic E-state index is 13.2. The molecule has 28 heavy (non-hydrogen) atoms. The second-order valence-electron chi connectivity index (χ2n) is 8.48. The maximum atomic E-state index is 13.2. The van der Waals surface area contributed by atoms with Crippen molar-refractivity contribution in [3.05, 3.63) is 11.8 Å². The molecule has 1 saturated carbocycles. The molecule has 0 aromatic carbocycles. The highest BCUT2D eigenvalue weighted by molar-refractivity contribution is 7.98. The van der Waals surface area contributed by atoms with Gasteiger partial charge < -0.3 is 9.64 Å². The number of hydrogen-bond acceptors (Lipinski definition) is 7. The number of amides is 2. The van der Waals surface area contributed by atoms with E-state index in [9.17, 15) is 9.59 Å². The lowest BCUT2D eigenvalue weighted by Gasteiger charge is -2.35. The van der Waals surface area contributed by atoms with Crippen LogP contribution >= 0.6 is 11.8 Å². The zero-order chi connectivity index (χ0) is 20.5. The average molecular weight is 407 g/mol. The number of nitrogens with zero attached hydrogens (tertiary/aromatic N) is 4. The first kappa shape index (κ1) is 20.9. The number of carbonyl (C=O) groups is 2. The summed E-state index contributed by atoms with van der Waals surface area (Å²) in [5, 5.41) is 0.693. The van der Waals surface area contributed by atoms with Gasteiger partial charge in [-0.1, -0.05) is 24.6 Å². The molecule has 1 aliphatic heterocycles. The minimum absolute atomic E-state index is 0.190. The lowest BCUT2D eigenvalue weighted by atomic mass is 10.1. The van der Waals surface area contributed by atoms with Crippen molar-refractivity contribution in [2.45, 2.75) is 82.6 Å². The van der Waals surface area contributed by atoms with E-state index in [0.29, 0.717) is 18.1 Å². The molecule has 0 bridgehead atoms. The Labute approximate surface area is 171 Å². The van der Waals surface area contributed by atoms with E-state index in [1.807, 2.05) is 40.1 Å². The van der Waals surface area contributed by atoms with Gasteiger partial charge in [0.2, 0.25) is 0 Å². The zero-order valence-corrected chi connectivity index (χ0v) is 18.2. The fourth-order valence-corrected chi connectivity index (χ4v) is 4.29. The predicted octanol–water partition coefficient (Wildman–Crippen LogP) is 3.79. The Bertz CT molecular complexity index is 743. The van der Waals surface area contributed by atoms with E-state index in [1.54, 1.807) is 0 Å². The Morgan fingerprint density at radius 2 is 1.96 bits per heavy atom. The largest absolute Gasteiger partial charge is 0.443 e. The average Bonchev–Trinajstić information content (AvgIpc) is 3.26. The predicted molar refractivity (Wildman–Crippen MR) is 110 cm³/mol.